The lowest BCUT2D eigenvalue weighted by molar-refractivity contribution is -0.146. The highest BCUT2D eigenvalue weighted by molar-refractivity contribution is 5.75. The molecule has 0 amide bonds. The van der Waals surface area contributed by atoms with Gasteiger partial charge in [0, 0.05) is 6.54 Å². The van der Waals surface area contributed by atoms with Gasteiger partial charge in [-0.1, -0.05) is 0 Å². The summed E-state index contributed by atoms with van der Waals surface area (Å²) in [6.45, 7) is 1.23. The highest BCUT2D eigenvalue weighted by Crippen LogP contribution is 2.21. The van der Waals surface area contributed by atoms with Crippen LogP contribution in [-0.2, 0) is 16.1 Å². The van der Waals surface area contributed by atoms with Gasteiger partial charge in [-0.2, -0.15) is 5.26 Å². The van der Waals surface area contributed by atoms with Crippen molar-refractivity contribution in [2.45, 2.75) is 25.4 Å². The molecule has 19 heavy (non-hydrogen) atoms. The summed E-state index contributed by atoms with van der Waals surface area (Å²) in [5.74, 6) is -0.683. The SMILES string of the molecule is COC(=O)C1CCCN1Cc1cc(F)cc(C#N)c1. The van der Waals surface area contributed by atoms with E-state index in [0.29, 0.717) is 17.7 Å². The fraction of sp³-hybridized carbons (Fsp3) is 0.429. The zero-order valence-electron chi connectivity index (χ0n) is 10.7. The number of hydrogen-bond acceptors (Lipinski definition) is 4. The molecule has 1 aliphatic rings. The van der Waals surface area contributed by atoms with Gasteiger partial charge in [0.25, 0.3) is 0 Å². The Morgan fingerprint density at radius 2 is 2.37 bits per heavy atom. The van der Waals surface area contributed by atoms with Crippen molar-refractivity contribution in [1.82, 2.24) is 4.90 Å². The number of nitrogens with zero attached hydrogens (tertiary/aromatic N) is 2. The van der Waals surface area contributed by atoms with Gasteiger partial charge in [-0.3, -0.25) is 9.69 Å². The molecule has 1 aromatic carbocycles. The van der Waals surface area contributed by atoms with Crippen LogP contribution in [0.3, 0.4) is 0 Å². The summed E-state index contributed by atoms with van der Waals surface area (Å²) in [7, 11) is 1.37. The summed E-state index contributed by atoms with van der Waals surface area (Å²) < 4.78 is 18.1. The Bertz CT molecular complexity index is 525. The Labute approximate surface area is 111 Å². The number of benzene rings is 1. The van der Waals surface area contributed by atoms with Crippen LogP contribution in [-0.4, -0.2) is 30.6 Å². The summed E-state index contributed by atoms with van der Waals surface area (Å²) in [4.78, 5) is 13.6. The maximum Gasteiger partial charge on any atom is 0.323 e. The van der Waals surface area contributed by atoms with Crippen LogP contribution in [0.25, 0.3) is 0 Å². The second kappa shape index (κ2) is 5.81. The first kappa shape index (κ1) is 13.5. The summed E-state index contributed by atoms with van der Waals surface area (Å²) in [5.41, 5.74) is 0.996. The Hall–Kier alpha value is -1.93. The minimum Gasteiger partial charge on any atom is -0.468 e. The summed E-state index contributed by atoms with van der Waals surface area (Å²) in [6.07, 6.45) is 1.67. The van der Waals surface area contributed by atoms with Crippen molar-refractivity contribution in [2.75, 3.05) is 13.7 Å². The number of nitriles is 1. The highest BCUT2D eigenvalue weighted by atomic mass is 19.1. The predicted octanol–water partition coefficient (Wildman–Crippen LogP) is 1.83. The minimum absolute atomic E-state index is 0.255. The monoisotopic (exact) mass is 262 g/mol. The molecular formula is C14H15FN2O2. The second-order valence-electron chi connectivity index (χ2n) is 4.61. The van der Waals surface area contributed by atoms with Crippen molar-refractivity contribution in [3.05, 3.63) is 35.1 Å². The van der Waals surface area contributed by atoms with Crippen LogP contribution in [0.2, 0.25) is 0 Å². The summed E-state index contributed by atoms with van der Waals surface area (Å²) in [6, 6.07) is 5.91. The largest absolute Gasteiger partial charge is 0.468 e. The number of esters is 1. The summed E-state index contributed by atoms with van der Waals surface area (Å²) in [5, 5.41) is 8.82. The van der Waals surface area contributed by atoms with Gasteiger partial charge >= 0.3 is 5.97 Å². The zero-order chi connectivity index (χ0) is 13.8. The van der Waals surface area contributed by atoms with E-state index in [-0.39, 0.29) is 12.0 Å². The molecule has 0 N–H and O–H groups in total. The summed E-state index contributed by atoms with van der Waals surface area (Å²) >= 11 is 0. The number of ether oxygens (including phenoxy) is 1. The molecule has 0 aliphatic carbocycles. The fourth-order valence-electron chi connectivity index (χ4n) is 2.46. The Balaban J connectivity index is 2.14. The van der Waals surface area contributed by atoms with Gasteiger partial charge in [0.2, 0.25) is 0 Å². The first-order chi connectivity index (χ1) is 9.13. The van der Waals surface area contributed by atoms with Gasteiger partial charge in [0.15, 0.2) is 0 Å². The van der Waals surface area contributed by atoms with Crippen molar-refractivity contribution in [2.24, 2.45) is 0 Å². The molecule has 1 saturated heterocycles. The molecule has 1 fully saturated rings. The van der Waals surface area contributed by atoms with Crippen molar-refractivity contribution in [3.63, 3.8) is 0 Å². The minimum atomic E-state index is -0.428. The van der Waals surface area contributed by atoms with Gasteiger partial charge in [-0.25, -0.2) is 4.39 Å². The lowest BCUT2D eigenvalue weighted by Crippen LogP contribution is -2.36. The van der Waals surface area contributed by atoms with E-state index in [4.69, 9.17) is 10.00 Å². The molecule has 1 heterocycles. The molecule has 2 rings (SSSR count). The maximum atomic E-state index is 13.3. The van der Waals surface area contributed by atoms with Gasteiger partial charge in [-0.05, 0) is 43.1 Å². The Kier molecular flexibility index (Phi) is 4.13. The van der Waals surface area contributed by atoms with Crippen LogP contribution < -0.4 is 0 Å². The smallest absolute Gasteiger partial charge is 0.323 e. The number of likely N-dealkylation sites (tertiary alicyclic amines) is 1. The molecule has 5 heteroatoms. The van der Waals surface area contributed by atoms with Crippen LogP contribution in [0.4, 0.5) is 4.39 Å². The third-order valence-electron chi connectivity index (χ3n) is 3.31. The molecule has 0 aromatic heterocycles. The topological polar surface area (TPSA) is 53.3 Å². The number of rotatable bonds is 3. The van der Waals surface area contributed by atoms with E-state index in [9.17, 15) is 9.18 Å². The Morgan fingerprint density at radius 3 is 3.05 bits per heavy atom. The lowest BCUT2D eigenvalue weighted by atomic mass is 10.1. The van der Waals surface area contributed by atoms with Gasteiger partial charge in [0.05, 0.1) is 18.7 Å². The van der Waals surface area contributed by atoms with E-state index < -0.39 is 5.82 Å². The van der Waals surface area contributed by atoms with Gasteiger partial charge < -0.3 is 4.74 Å². The quantitative estimate of drug-likeness (QED) is 0.780. The van der Waals surface area contributed by atoms with E-state index in [1.807, 2.05) is 11.0 Å². The Morgan fingerprint density at radius 1 is 1.58 bits per heavy atom. The first-order valence-corrected chi connectivity index (χ1v) is 6.15. The normalized spacial score (nSPS) is 19.1. The third-order valence-corrected chi connectivity index (χ3v) is 3.31. The molecule has 4 nitrogen and oxygen atoms in total. The van der Waals surface area contributed by atoms with E-state index in [2.05, 4.69) is 0 Å². The molecule has 100 valence electrons. The predicted molar refractivity (Wildman–Crippen MR) is 66.6 cm³/mol. The molecule has 0 saturated carbocycles. The fourth-order valence-corrected chi connectivity index (χ4v) is 2.46. The molecule has 1 aromatic rings. The first-order valence-electron chi connectivity index (χ1n) is 6.15. The van der Waals surface area contributed by atoms with Crippen molar-refractivity contribution in [3.8, 4) is 6.07 Å². The number of hydrogen-bond donors (Lipinski definition) is 0. The van der Waals surface area contributed by atoms with Crippen molar-refractivity contribution < 1.29 is 13.9 Å². The molecule has 1 aliphatic heterocycles. The maximum absolute atomic E-state index is 13.3. The van der Waals surface area contributed by atoms with Crippen molar-refractivity contribution >= 4 is 5.97 Å². The third kappa shape index (κ3) is 3.09. The van der Waals surface area contributed by atoms with Crippen LogP contribution in [0.15, 0.2) is 18.2 Å². The zero-order valence-corrected chi connectivity index (χ0v) is 10.7. The molecule has 0 radical (unpaired) electrons. The second-order valence-corrected chi connectivity index (χ2v) is 4.61. The average molecular weight is 262 g/mol. The molecule has 1 unspecified atom stereocenters. The van der Waals surface area contributed by atoms with Gasteiger partial charge in [-0.15, -0.1) is 0 Å². The molecular weight excluding hydrogens is 247 g/mol. The highest BCUT2D eigenvalue weighted by Gasteiger charge is 2.31. The lowest BCUT2D eigenvalue weighted by Gasteiger charge is -2.22. The van der Waals surface area contributed by atoms with E-state index in [1.54, 1.807) is 6.07 Å². The van der Waals surface area contributed by atoms with E-state index in [0.717, 1.165) is 19.4 Å². The number of carbonyl (C=O) groups is 1. The van der Waals surface area contributed by atoms with Crippen LogP contribution in [0.5, 0.6) is 0 Å². The molecule has 1 atom stereocenters. The van der Waals surface area contributed by atoms with Crippen LogP contribution in [0.1, 0.15) is 24.0 Å². The van der Waals surface area contributed by atoms with E-state index in [1.165, 1.54) is 19.2 Å². The number of carbonyl (C=O) groups excluding carboxylic acids is 1. The van der Waals surface area contributed by atoms with E-state index >= 15 is 0 Å². The average Bonchev–Trinajstić information content (AvgIpc) is 2.85. The van der Waals surface area contributed by atoms with Crippen LogP contribution in [0, 0.1) is 17.1 Å². The molecule has 0 bridgehead atoms. The van der Waals surface area contributed by atoms with Crippen molar-refractivity contribution in [1.29, 1.82) is 5.26 Å². The standard InChI is InChI=1S/C14H15FN2O2/c1-19-14(18)13-3-2-4-17(13)9-11-5-10(8-16)6-12(15)7-11/h5-7,13H,2-4,9H2,1H3. The number of methoxy groups -OCH3 is 1. The van der Waals surface area contributed by atoms with Crippen LogP contribution >= 0.6 is 0 Å². The van der Waals surface area contributed by atoms with Gasteiger partial charge in [0.1, 0.15) is 11.9 Å². The molecule has 0 spiro atoms. The number of halogens is 1.